The Bertz CT molecular complexity index is 956. The molecule has 0 fully saturated rings. The topological polar surface area (TPSA) is 155 Å². The molecule has 2 rings (SSSR count). The molecule has 0 aliphatic rings. The van der Waals surface area contributed by atoms with Gasteiger partial charge in [-0.25, -0.2) is 4.98 Å². The lowest BCUT2D eigenvalue weighted by Crippen LogP contribution is -2.35. The summed E-state index contributed by atoms with van der Waals surface area (Å²) in [4.78, 5) is 31.9. The third-order valence-electron chi connectivity index (χ3n) is 4.77. The minimum Gasteiger partial charge on any atom is -0.396 e. The van der Waals surface area contributed by atoms with E-state index in [0.717, 1.165) is 17.7 Å². The maximum Gasteiger partial charge on any atom is 0.273 e. The van der Waals surface area contributed by atoms with Crippen molar-refractivity contribution in [2.45, 2.75) is 38.8 Å². The van der Waals surface area contributed by atoms with Crippen LogP contribution in [0.2, 0.25) is 0 Å². The molecular formula is C20H30N6O4. The summed E-state index contributed by atoms with van der Waals surface area (Å²) in [6.45, 7) is 3.36. The Kier molecular flexibility index (Phi) is 8.90. The van der Waals surface area contributed by atoms with Crippen LogP contribution in [0.25, 0.3) is 11.0 Å². The van der Waals surface area contributed by atoms with Crippen LogP contribution in [-0.4, -0.2) is 64.9 Å². The average molecular weight is 418 g/mol. The Labute approximate surface area is 174 Å². The van der Waals surface area contributed by atoms with E-state index >= 15 is 0 Å². The van der Waals surface area contributed by atoms with Gasteiger partial charge in [0.25, 0.3) is 5.91 Å². The van der Waals surface area contributed by atoms with Crippen molar-refractivity contribution in [3.05, 3.63) is 28.9 Å². The summed E-state index contributed by atoms with van der Waals surface area (Å²) in [6, 6.07) is 3.75. The van der Waals surface area contributed by atoms with Gasteiger partial charge in [0.05, 0.1) is 17.1 Å². The van der Waals surface area contributed by atoms with E-state index in [1.807, 2.05) is 19.1 Å². The van der Waals surface area contributed by atoms with Gasteiger partial charge in [-0.15, -0.1) is 0 Å². The van der Waals surface area contributed by atoms with E-state index in [0.29, 0.717) is 37.0 Å². The fraction of sp³-hybridized carbons (Fsp3) is 0.500. The molecule has 0 radical (unpaired) electrons. The van der Waals surface area contributed by atoms with Gasteiger partial charge in [-0.3, -0.25) is 9.59 Å². The molecule has 2 aromatic rings. The lowest BCUT2D eigenvalue weighted by molar-refractivity contribution is -0.107. The van der Waals surface area contributed by atoms with Gasteiger partial charge in [0.2, 0.25) is 6.41 Å². The highest BCUT2D eigenvalue weighted by Gasteiger charge is 2.17. The van der Waals surface area contributed by atoms with Gasteiger partial charge in [0, 0.05) is 32.4 Å². The number of aryl methyl sites for hydroxylation is 2. The molecule has 0 saturated heterocycles. The number of amides is 2. The van der Waals surface area contributed by atoms with Crippen LogP contribution in [0.1, 0.15) is 35.3 Å². The summed E-state index contributed by atoms with van der Waals surface area (Å²) in [5.41, 5.74) is 8.77. The van der Waals surface area contributed by atoms with Gasteiger partial charge in [-0.1, -0.05) is 0 Å². The highest BCUT2D eigenvalue weighted by molar-refractivity contribution is 5.94. The number of hydrogen-bond acceptors (Lipinski definition) is 7. The summed E-state index contributed by atoms with van der Waals surface area (Å²) >= 11 is 0. The molecule has 2 amide bonds. The zero-order valence-corrected chi connectivity index (χ0v) is 17.4. The first-order valence-corrected chi connectivity index (χ1v) is 9.94. The number of anilines is 1. The van der Waals surface area contributed by atoms with Crippen LogP contribution in [0.4, 0.5) is 5.69 Å². The lowest BCUT2D eigenvalue weighted by Gasteiger charge is -2.18. The van der Waals surface area contributed by atoms with Crippen LogP contribution in [-0.2, 0) is 11.3 Å². The van der Waals surface area contributed by atoms with Gasteiger partial charge in [-0.2, -0.15) is 4.99 Å². The number of aromatic nitrogens is 2. The molecule has 1 aromatic heterocycles. The monoisotopic (exact) mass is 418 g/mol. The third kappa shape index (κ3) is 5.62. The number of hydrogen-bond donors (Lipinski definition) is 5. The molecule has 1 aromatic carbocycles. The minimum absolute atomic E-state index is 0.0250. The van der Waals surface area contributed by atoms with Gasteiger partial charge >= 0.3 is 0 Å². The predicted octanol–water partition coefficient (Wildman–Crippen LogP) is -0.344. The molecule has 0 saturated carbocycles. The van der Waals surface area contributed by atoms with Crippen molar-refractivity contribution in [2.75, 3.05) is 32.1 Å². The van der Waals surface area contributed by atoms with Crippen molar-refractivity contribution in [1.29, 1.82) is 0 Å². The molecule has 0 aliphatic carbocycles. The Morgan fingerprint density at radius 3 is 2.80 bits per heavy atom. The van der Waals surface area contributed by atoms with E-state index in [9.17, 15) is 14.7 Å². The molecule has 0 aliphatic heterocycles. The molecule has 10 heteroatoms. The number of nitrogens with one attached hydrogen (secondary N) is 2. The number of nitrogens with two attached hydrogens (primary N) is 1. The number of fused-ring (bicyclic) bond motifs is 1. The minimum atomic E-state index is -0.731. The van der Waals surface area contributed by atoms with E-state index in [2.05, 4.69) is 20.6 Å². The third-order valence-corrected chi connectivity index (χ3v) is 4.77. The molecule has 1 atom stereocenters. The molecule has 0 spiro atoms. The molecule has 164 valence electrons. The largest absolute Gasteiger partial charge is 0.396 e. The summed E-state index contributed by atoms with van der Waals surface area (Å²) < 4.78 is 1.70. The van der Waals surface area contributed by atoms with E-state index in [1.165, 1.54) is 7.05 Å². The molecule has 0 bridgehead atoms. The first-order chi connectivity index (χ1) is 14.5. The maximum atomic E-state index is 12.4. The molecule has 30 heavy (non-hydrogen) atoms. The molecule has 0 unspecified atom stereocenters. The summed E-state index contributed by atoms with van der Waals surface area (Å²) in [6.07, 6.45) is 0.986. The smallest absolute Gasteiger partial charge is 0.273 e. The molecule has 10 nitrogen and oxygen atoms in total. The van der Waals surface area contributed by atoms with Crippen LogP contribution in [0.5, 0.6) is 0 Å². The fourth-order valence-corrected chi connectivity index (χ4v) is 3.16. The quantitative estimate of drug-likeness (QED) is 0.247. The summed E-state index contributed by atoms with van der Waals surface area (Å²) in [5.74, 6) is -0.468. The Morgan fingerprint density at radius 1 is 1.40 bits per heavy atom. The van der Waals surface area contributed by atoms with Gasteiger partial charge in [0.15, 0.2) is 11.2 Å². The number of nitrogens with zero attached hydrogens (tertiary/aromatic N) is 3. The van der Waals surface area contributed by atoms with Crippen molar-refractivity contribution < 1.29 is 19.8 Å². The second-order valence-electron chi connectivity index (χ2n) is 6.93. The molecular weight excluding hydrogens is 388 g/mol. The maximum absolute atomic E-state index is 12.4. The van der Waals surface area contributed by atoms with Gasteiger partial charge in [0.1, 0.15) is 0 Å². The Balaban J connectivity index is 2.69. The second-order valence-corrected chi connectivity index (χ2v) is 6.93. The normalized spacial score (nSPS) is 12.8. The van der Waals surface area contributed by atoms with Crippen LogP contribution in [0.15, 0.2) is 17.1 Å². The summed E-state index contributed by atoms with van der Waals surface area (Å²) in [7, 11) is 1.48. The SMILES string of the molecule is CNC(=O)c1nc2cc(C)c(NCCCN)cc2n(CC[C@H](O)CCO)c1=NC=O. The van der Waals surface area contributed by atoms with E-state index in [4.69, 9.17) is 10.8 Å². The molecule has 1 heterocycles. The van der Waals surface area contributed by atoms with E-state index in [1.54, 1.807) is 4.57 Å². The summed E-state index contributed by atoms with van der Waals surface area (Å²) in [5, 5.41) is 25.0. The Morgan fingerprint density at radius 2 is 2.17 bits per heavy atom. The van der Waals surface area contributed by atoms with Crippen LogP contribution >= 0.6 is 0 Å². The fourth-order valence-electron chi connectivity index (χ4n) is 3.16. The lowest BCUT2D eigenvalue weighted by atomic mass is 10.1. The van der Waals surface area contributed by atoms with Crippen molar-refractivity contribution in [2.24, 2.45) is 10.7 Å². The highest BCUT2D eigenvalue weighted by atomic mass is 16.3. The average Bonchev–Trinajstić information content (AvgIpc) is 2.73. The van der Waals surface area contributed by atoms with Gasteiger partial charge < -0.3 is 31.1 Å². The predicted molar refractivity (Wildman–Crippen MR) is 114 cm³/mol. The zero-order chi connectivity index (χ0) is 22.1. The van der Waals surface area contributed by atoms with Crippen molar-refractivity contribution in [3.63, 3.8) is 0 Å². The number of rotatable bonds is 11. The number of carbonyl (C=O) groups excluding carboxylic acids is 2. The highest BCUT2D eigenvalue weighted by Crippen LogP contribution is 2.22. The first-order valence-electron chi connectivity index (χ1n) is 9.94. The van der Waals surface area contributed by atoms with E-state index in [-0.39, 0.29) is 30.8 Å². The number of benzene rings is 1. The zero-order valence-electron chi connectivity index (χ0n) is 17.4. The van der Waals surface area contributed by atoms with Crippen molar-refractivity contribution in [3.8, 4) is 0 Å². The Hall–Kier alpha value is -2.82. The number of aliphatic hydroxyl groups excluding tert-OH is 2. The van der Waals surface area contributed by atoms with Crippen molar-refractivity contribution in [1.82, 2.24) is 14.9 Å². The van der Waals surface area contributed by atoms with Crippen LogP contribution < -0.4 is 21.9 Å². The van der Waals surface area contributed by atoms with E-state index < -0.39 is 12.0 Å². The van der Waals surface area contributed by atoms with Crippen LogP contribution in [0.3, 0.4) is 0 Å². The van der Waals surface area contributed by atoms with Crippen LogP contribution in [0, 0.1) is 6.92 Å². The number of carbonyl (C=O) groups is 2. The standard InChI is InChI=1S/C20H30N6O4/c1-13-10-16-17(11-15(13)23-7-3-6-21)26(8-4-14(29)5-9-27)19(24-12-28)18(25-16)20(30)22-2/h10-12,14,23,27,29H,3-9,21H2,1-2H3,(H,22,30)/t14-/m0/s1. The molecule has 6 N–H and O–H groups in total. The number of aliphatic hydroxyl groups is 2. The first kappa shape index (κ1) is 23.5. The second kappa shape index (κ2) is 11.4. The van der Waals surface area contributed by atoms with Crippen molar-refractivity contribution >= 4 is 29.0 Å². The van der Waals surface area contributed by atoms with Gasteiger partial charge in [-0.05, 0) is 50.4 Å².